The van der Waals surface area contributed by atoms with Gasteiger partial charge in [-0.15, -0.1) is 13.2 Å². The Kier molecular flexibility index (Phi) is 2.97. The van der Waals surface area contributed by atoms with E-state index in [9.17, 15) is 32.1 Å². The van der Waals surface area contributed by atoms with Gasteiger partial charge in [-0.1, -0.05) is 0 Å². The van der Waals surface area contributed by atoms with Gasteiger partial charge in [-0.2, -0.15) is 4.39 Å². The topological polar surface area (TPSA) is 52.4 Å². The lowest BCUT2D eigenvalue weighted by molar-refractivity contribution is -0.385. The second kappa shape index (κ2) is 3.91. The van der Waals surface area contributed by atoms with E-state index in [-0.39, 0.29) is 12.1 Å². The van der Waals surface area contributed by atoms with Crippen molar-refractivity contribution in [1.29, 1.82) is 0 Å². The van der Waals surface area contributed by atoms with E-state index in [0.717, 1.165) is 0 Å². The highest BCUT2D eigenvalue weighted by Crippen LogP contribution is 2.30. The SMILES string of the molecule is O=[N+]([O-])c1cc(F)c(F)c(OC(F)(F)F)c1. The Balaban J connectivity index is 3.22. The van der Waals surface area contributed by atoms with Gasteiger partial charge in [0.05, 0.1) is 17.1 Å². The minimum absolute atomic E-state index is 0.145. The molecule has 0 saturated carbocycles. The lowest BCUT2D eigenvalue weighted by Gasteiger charge is -2.09. The normalized spacial score (nSPS) is 11.3. The number of alkyl halides is 3. The molecule has 0 heterocycles. The van der Waals surface area contributed by atoms with E-state index in [1.165, 1.54) is 0 Å². The molecule has 0 spiro atoms. The van der Waals surface area contributed by atoms with Crippen LogP contribution in [0, 0.1) is 21.7 Å². The van der Waals surface area contributed by atoms with Gasteiger partial charge in [0.25, 0.3) is 5.69 Å². The van der Waals surface area contributed by atoms with Crippen LogP contribution in [0.4, 0.5) is 27.6 Å². The lowest BCUT2D eigenvalue weighted by Crippen LogP contribution is -2.18. The van der Waals surface area contributed by atoms with E-state index in [2.05, 4.69) is 4.74 Å². The number of nitro groups is 1. The third kappa shape index (κ3) is 2.78. The quantitative estimate of drug-likeness (QED) is 0.456. The standard InChI is InChI=1S/C7H2F5NO3/c8-4-1-3(13(14)15)2-5(6(4)9)16-7(10,11)12/h1-2H. The zero-order valence-electron chi connectivity index (χ0n) is 7.22. The van der Waals surface area contributed by atoms with Crippen molar-refractivity contribution in [3.05, 3.63) is 33.9 Å². The van der Waals surface area contributed by atoms with Crippen molar-refractivity contribution in [1.82, 2.24) is 0 Å². The molecule has 0 fully saturated rings. The Morgan fingerprint density at radius 1 is 1.25 bits per heavy atom. The maximum atomic E-state index is 12.8. The predicted octanol–water partition coefficient (Wildman–Crippen LogP) is 2.77. The summed E-state index contributed by atoms with van der Waals surface area (Å²) in [6, 6.07) is 0.296. The van der Waals surface area contributed by atoms with Gasteiger partial charge in [-0.25, -0.2) is 4.39 Å². The first kappa shape index (κ1) is 12.1. The first-order valence-corrected chi connectivity index (χ1v) is 3.60. The van der Waals surface area contributed by atoms with E-state index in [4.69, 9.17) is 0 Å². The summed E-state index contributed by atoms with van der Waals surface area (Å²) in [7, 11) is 0. The van der Waals surface area contributed by atoms with Gasteiger partial charge < -0.3 is 4.74 Å². The summed E-state index contributed by atoms with van der Waals surface area (Å²) in [4.78, 5) is 8.99. The zero-order chi connectivity index (χ0) is 12.5. The summed E-state index contributed by atoms with van der Waals surface area (Å²) in [5.41, 5.74) is -1.04. The van der Waals surface area contributed by atoms with Gasteiger partial charge in [0, 0.05) is 0 Å². The van der Waals surface area contributed by atoms with E-state index in [1.54, 1.807) is 0 Å². The fraction of sp³-hybridized carbons (Fsp3) is 0.143. The number of nitrogens with zero attached hydrogens (tertiary/aromatic N) is 1. The Bertz CT molecular complexity index is 431. The largest absolute Gasteiger partial charge is 0.573 e. The molecule has 0 aliphatic heterocycles. The monoisotopic (exact) mass is 243 g/mol. The fourth-order valence-corrected chi connectivity index (χ4v) is 0.855. The molecule has 0 aliphatic carbocycles. The van der Waals surface area contributed by atoms with Gasteiger partial charge in [0.15, 0.2) is 11.6 Å². The van der Waals surface area contributed by atoms with E-state index in [1.807, 2.05) is 0 Å². The van der Waals surface area contributed by atoms with Crippen LogP contribution in [0.25, 0.3) is 0 Å². The maximum Gasteiger partial charge on any atom is 0.573 e. The van der Waals surface area contributed by atoms with Crippen LogP contribution in [-0.2, 0) is 0 Å². The number of benzene rings is 1. The van der Waals surface area contributed by atoms with Crippen LogP contribution in [0.1, 0.15) is 0 Å². The summed E-state index contributed by atoms with van der Waals surface area (Å²) in [6.07, 6.45) is -5.26. The molecule has 0 N–H and O–H groups in total. The van der Waals surface area contributed by atoms with Crippen LogP contribution >= 0.6 is 0 Å². The van der Waals surface area contributed by atoms with Gasteiger partial charge in [-0.3, -0.25) is 10.1 Å². The van der Waals surface area contributed by atoms with Gasteiger partial charge >= 0.3 is 6.36 Å². The highest BCUT2D eigenvalue weighted by atomic mass is 19.4. The number of rotatable bonds is 2. The van der Waals surface area contributed by atoms with Crippen LogP contribution in [0.15, 0.2) is 12.1 Å². The number of nitro benzene ring substituents is 1. The second-order valence-electron chi connectivity index (χ2n) is 2.54. The minimum Gasteiger partial charge on any atom is -0.402 e. The van der Waals surface area contributed by atoms with Crippen molar-refractivity contribution in [3.63, 3.8) is 0 Å². The summed E-state index contributed by atoms with van der Waals surface area (Å²) in [6.45, 7) is 0. The van der Waals surface area contributed by atoms with E-state index in [0.29, 0.717) is 0 Å². The molecule has 88 valence electrons. The molecule has 0 saturated heterocycles. The van der Waals surface area contributed by atoms with Crippen LogP contribution in [0.3, 0.4) is 0 Å². The molecule has 9 heteroatoms. The Hall–Kier alpha value is -1.93. The third-order valence-electron chi connectivity index (χ3n) is 1.42. The molecule has 16 heavy (non-hydrogen) atoms. The van der Waals surface area contributed by atoms with E-state index >= 15 is 0 Å². The van der Waals surface area contributed by atoms with Crippen molar-refractivity contribution < 1.29 is 31.6 Å². The van der Waals surface area contributed by atoms with Crippen molar-refractivity contribution in [2.24, 2.45) is 0 Å². The minimum atomic E-state index is -5.26. The average Bonchev–Trinajstić information content (AvgIpc) is 2.10. The van der Waals surface area contributed by atoms with E-state index < -0.39 is 34.4 Å². The second-order valence-corrected chi connectivity index (χ2v) is 2.54. The van der Waals surface area contributed by atoms with Crippen molar-refractivity contribution in [2.45, 2.75) is 6.36 Å². The molecule has 0 unspecified atom stereocenters. The average molecular weight is 243 g/mol. The molecule has 0 bridgehead atoms. The third-order valence-corrected chi connectivity index (χ3v) is 1.42. The van der Waals surface area contributed by atoms with Crippen molar-refractivity contribution >= 4 is 5.69 Å². The fourth-order valence-electron chi connectivity index (χ4n) is 0.855. The number of halogens is 5. The van der Waals surface area contributed by atoms with Crippen LogP contribution in [-0.4, -0.2) is 11.3 Å². The Morgan fingerprint density at radius 3 is 2.25 bits per heavy atom. The summed E-state index contributed by atoms with van der Waals surface area (Å²) < 4.78 is 63.6. The van der Waals surface area contributed by atoms with Gasteiger partial charge in [-0.05, 0) is 0 Å². The summed E-state index contributed by atoms with van der Waals surface area (Å²) in [5.74, 6) is -5.32. The highest BCUT2D eigenvalue weighted by molar-refractivity contribution is 5.40. The first-order valence-electron chi connectivity index (χ1n) is 3.60. The highest BCUT2D eigenvalue weighted by Gasteiger charge is 2.34. The van der Waals surface area contributed by atoms with Gasteiger partial charge in [0.1, 0.15) is 0 Å². The molecular formula is C7H2F5NO3. The summed E-state index contributed by atoms with van der Waals surface area (Å²) in [5, 5.41) is 10.2. The number of hydrogen-bond acceptors (Lipinski definition) is 3. The Labute approximate surface area is 84.4 Å². The predicted molar refractivity (Wildman–Crippen MR) is 39.7 cm³/mol. The molecular weight excluding hydrogens is 241 g/mol. The van der Waals surface area contributed by atoms with Crippen LogP contribution < -0.4 is 4.74 Å². The zero-order valence-corrected chi connectivity index (χ0v) is 7.22. The van der Waals surface area contributed by atoms with Crippen molar-refractivity contribution in [3.8, 4) is 5.75 Å². The molecule has 0 aromatic heterocycles. The first-order chi connectivity index (χ1) is 7.20. The molecule has 0 radical (unpaired) electrons. The molecule has 0 amide bonds. The molecule has 4 nitrogen and oxygen atoms in total. The molecule has 1 aromatic carbocycles. The smallest absolute Gasteiger partial charge is 0.402 e. The van der Waals surface area contributed by atoms with Crippen LogP contribution in [0.5, 0.6) is 5.75 Å². The maximum absolute atomic E-state index is 12.8. The van der Waals surface area contributed by atoms with Crippen molar-refractivity contribution in [2.75, 3.05) is 0 Å². The number of hydrogen-bond donors (Lipinski definition) is 0. The summed E-state index contributed by atoms with van der Waals surface area (Å²) >= 11 is 0. The Morgan fingerprint density at radius 2 is 1.81 bits per heavy atom. The molecule has 1 aromatic rings. The molecule has 0 aliphatic rings. The lowest BCUT2D eigenvalue weighted by atomic mass is 10.3. The number of ether oxygens (including phenoxy) is 1. The molecule has 1 rings (SSSR count). The molecule has 0 atom stereocenters. The number of non-ortho nitro benzene ring substituents is 1. The van der Waals surface area contributed by atoms with Gasteiger partial charge in [0.2, 0.25) is 5.82 Å². The van der Waals surface area contributed by atoms with Crippen LogP contribution in [0.2, 0.25) is 0 Å².